The summed E-state index contributed by atoms with van der Waals surface area (Å²) >= 11 is 6.04. The van der Waals surface area contributed by atoms with E-state index < -0.39 is 23.1 Å². The summed E-state index contributed by atoms with van der Waals surface area (Å²) in [6.07, 6.45) is 0.572. The fourth-order valence-electron chi connectivity index (χ4n) is 1.90. The van der Waals surface area contributed by atoms with E-state index in [9.17, 15) is 14.4 Å². The molecule has 7 nitrogen and oxygen atoms in total. The Bertz CT molecular complexity index is 789. The molecule has 0 unspecified atom stereocenters. The Morgan fingerprint density at radius 2 is 1.68 bits per heavy atom. The van der Waals surface area contributed by atoms with Gasteiger partial charge in [-0.1, -0.05) is 38.4 Å². The molecule has 1 rings (SSSR count). The minimum absolute atomic E-state index is 0.148. The molecule has 1 aromatic carbocycles. The quantitative estimate of drug-likeness (QED) is 0.568. The van der Waals surface area contributed by atoms with Crippen molar-refractivity contribution in [1.82, 2.24) is 5.32 Å². The summed E-state index contributed by atoms with van der Waals surface area (Å²) in [6, 6.07) is 4.77. The van der Waals surface area contributed by atoms with E-state index in [1.807, 2.05) is 0 Å². The molecule has 0 bridgehead atoms. The number of anilines is 1. The van der Waals surface area contributed by atoms with E-state index >= 15 is 0 Å². The van der Waals surface area contributed by atoms with Crippen LogP contribution in [0.25, 0.3) is 6.08 Å². The largest absolute Gasteiger partial charge is 0.464 e. The molecule has 0 spiro atoms. The summed E-state index contributed by atoms with van der Waals surface area (Å²) in [5, 5.41) is 5.56. The van der Waals surface area contributed by atoms with Gasteiger partial charge in [0.1, 0.15) is 11.3 Å². The molecule has 0 atom stereocenters. The third-order valence-electron chi connectivity index (χ3n) is 3.29. The third-order valence-corrected chi connectivity index (χ3v) is 3.52. The van der Waals surface area contributed by atoms with E-state index in [0.717, 1.165) is 0 Å². The zero-order valence-electron chi connectivity index (χ0n) is 17.2. The number of amides is 2. The average Bonchev–Trinajstić information content (AvgIpc) is 2.53. The van der Waals surface area contributed by atoms with Crippen LogP contribution in [0.1, 0.15) is 47.1 Å². The smallest absolute Gasteiger partial charge is 0.412 e. The Kier molecular flexibility index (Phi) is 7.64. The Morgan fingerprint density at radius 1 is 1.07 bits per heavy atom. The molecular weight excluding hydrogens is 384 g/mol. The average molecular weight is 411 g/mol. The molecular formula is C20H27ClN2O5. The number of hydrogen-bond donors (Lipinski definition) is 2. The second-order valence-electron chi connectivity index (χ2n) is 8.11. The van der Waals surface area contributed by atoms with Gasteiger partial charge >= 0.3 is 12.1 Å². The number of hydrogen-bond acceptors (Lipinski definition) is 5. The monoisotopic (exact) mass is 410 g/mol. The van der Waals surface area contributed by atoms with Crippen molar-refractivity contribution in [2.75, 3.05) is 12.4 Å². The second-order valence-corrected chi connectivity index (χ2v) is 8.55. The summed E-state index contributed by atoms with van der Waals surface area (Å²) in [5.74, 6) is -1.00. The number of nitrogens with one attached hydrogen (secondary N) is 2. The molecule has 0 aliphatic carbocycles. The number of benzene rings is 1. The molecule has 0 aliphatic rings. The summed E-state index contributed by atoms with van der Waals surface area (Å²) in [4.78, 5) is 36.5. The number of carbonyl (C=O) groups excluding carboxylic acids is 3. The summed E-state index contributed by atoms with van der Waals surface area (Å²) in [7, 11) is 1.19. The minimum atomic E-state index is -0.807. The van der Waals surface area contributed by atoms with Crippen LogP contribution in [0.3, 0.4) is 0 Å². The van der Waals surface area contributed by atoms with Crippen LogP contribution in [0.4, 0.5) is 10.5 Å². The Labute approximate surface area is 170 Å². The van der Waals surface area contributed by atoms with Gasteiger partial charge in [-0.2, -0.15) is 0 Å². The molecule has 1 aromatic rings. The van der Waals surface area contributed by atoms with Gasteiger partial charge in [-0.25, -0.2) is 9.59 Å². The van der Waals surface area contributed by atoms with Crippen molar-refractivity contribution in [3.8, 4) is 0 Å². The van der Waals surface area contributed by atoms with Crippen LogP contribution in [0, 0.1) is 5.41 Å². The number of rotatable bonds is 4. The lowest BCUT2D eigenvalue weighted by Crippen LogP contribution is -2.34. The second kappa shape index (κ2) is 9.10. The highest BCUT2D eigenvalue weighted by atomic mass is 35.5. The molecule has 0 fully saturated rings. The van der Waals surface area contributed by atoms with Crippen molar-refractivity contribution in [2.24, 2.45) is 5.41 Å². The molecule has 0 aromatic heterocycles. The van der Waals surface area contributed by atoms with Gasteiger partial charge in [0, 0.05) is 21.7 Å². The zero-order chi connectivity index (χ0) is 21.7. The Morgan fingerprint density at radius 3 is 2.18 bits per heavy atom. The molecule has 8 heteroatoms. The number of halogens is 1. The van der Waals surface area contributed by atoms with Gasteiger partial charge in [0.15, 0.2) is 0 Å². The molecule has 28 heavy (non-hydrogen) atoms. The number of ether oxygens (including phenoxy) is 2. The van der Waals surface area contributed by atoms with Crippen LogP contribution in [-0.2, 0) is 19.1 Å². The molecule has 2 amide bonds. The predicted molar refractivity (Wildman–Crippen MR) is 109 cm³/mol. The normalized spacial score (nSPS) is 12.2. The van der Waals surface area contributed by atoms with Crippen LogP contribution >= 0.6 is 11.6 Å². The van der Waals surface area contributed by atoms with Crippen LogP contribution in [0.2, 0.25) is 5.02 Å². The lowest BCUT2D eigenvalue weighted by atomic mass is 9.95. The van der Waals surface area contributed by atoms with E-state index in [-0.39, 0.29) is 11.6 Å². The van der Waals surface area contributed by atoms with Crippen LogP contribution in [-0.4, -0.2) is 30.7 Å². The highest BCUT2D eigenvalue weighted by Gasteiger charge is 2.23. The first-order valence-corrected chi connectivity index (χ1v) is 9.02. The van der Waals surface area contributed by atoms with Gasteiger partial charge < -0.3 is 14.8 Å². The van der Waals surface area contributed by atoms with Gasteiger partial charge in [-0.05, 0) is 39.0 Å². The Hall–Kier alpha value is -2.54. The molecule has 0 saturated carbocycles. The maximum absolute atomic E-state index is 12.4. The first kappa shape index (κ1) is 23.5. The SMILES string of the molecule is COC(=O)/C(=C\c1ccc(Cl)cc1NC(=O)C(C)(C)C)NC(=O)OC(C)(C)C. The number of alkyl carbamates (subject to hydrolysis) is 1. The molecule has 154 valence electrons. The standard InChI is InChI=1S/C20H27ClN2O5/c1-19(2,3)17(25)22-14-11-13(21)9-8-12(14)10-15(16(24)27-7)23-18(26)28-20(4,5)6/h8-11H,1-7H3,(H,22,25)(H,23,26)/b15-10+. The number of esters is 1. The predicted octanol–water partition coefficient (Wildman–Crippen LogP) is 4.36. The van der Waals surface area contributed by atoms with Crippen LogP contribution < -0.4 is 10.6 Å². The van der Waals surface area contributed by atoms with Crippen molar-refractivity contribution in [2.45, 2.75) is 47.1 Å². The van der Waals surface area contributed by atoms with Crippen molar-refractivity contribution in [3.05, 3.63) is 34.5 Å². The molecule has 0 heterocycles. The first-order chi connectivity index (χ1) is 12.7. The maximum atomic E-state index is 12.4. The first-order valence-electron chi connectivity index (χ1n) is 8.64. The van der Waals surface area contributed by atoms with Gasteiger partial charge in [0.25, 0.3) is 0 Å². The highest BCUT2D eigenvalue weighted by molar-refractivity contribution is 6.31. The topological polar surface area (TPSA) is 93.7 Å². The van der Waals surface area contributed by atoms with E-state index in [1.165, 1.54) is 13.2 Å². The highest BCUT2D eigenvalue weighted by Crippen LogP contribution is 2.26. The molecule has 0 radical (unpaired) electrons. The minimum Gasteiger partial charge on any atom is -0.464 e. The summed E-state index contributed by atoms with van der Waals surface area (Å²) < 4.78 is 9.89. The zero-order valence-corrected chi connectivity index (χ0v) is 18.0. The number of carbonyl (C=O) groups is 3. The van der Waals surface area contributed by atoms with Gasteiger partial charge in [-0.15, -0.1) is 0 Å². The Balaban J connectivity index is 3.28. The number of methoxy groups -OCH3 is 1. The van der Waals surface area contributed by atoms with Crippen LogP contribution in [0.5, 0.6) is 0 Å². The van der Waals surface area contributed by atoms with Crippen molar-refractivity contribution in [1.29, 1.82) is 0 Å². The summed E-state index contributed by atoms with van der Waals surface area (Å²) in [5.41, 5.74) is -0.677. The lowest BCUT2D eigenvalue weighted by Gasteiger charge is -2.20. The van der Waals surface area contributed by atoms with Gasteiger partial charge in [0.2, 0.25) is 5.91 Å². The molecule has 0 saturated heterocycles. The van der Waals surface area contributed by atoms with Crippen molar-refractivity contribution >= 4 is 41.3 Å². The van der Waals surface area contributed by atoms with Crippen molar-refractivity contribution in [3.63, 3.8) is 0 Å². The van der Waals surface area contributed by atoms with Crippen LogP contribution in [0.15, 0.2) is 23.9 Å². The van der Waals surface area contributed by atoms with Gasteiger partial charge in [-0.3, -0.25) is 10.1 Å². The summed E-state index contributed by atoms with van der Waals surface area (Å²) in [6.45, 7) is 10.4. The van der Waals surface area contributed by atoms with E-state index in [2.05, 4.69) is 10.6 Å². The molecule has 0 aliphatic heterocycles. The van der Waals surface area contributed by atoms with Gasteiger partial charge in [0.05, 0.1) is 7.11 Å². The maximum Gasteiger partial charge on any atom is 0.412 e. The lowest BCUT2D eigenvalue weighted by molar-refractivity contribution is -0.136. The molecule has 2 N–H and O–H groups in total. The van der Waals surface area contributed by atoms with E-state index in [4.69, 9.17) is 21.1 Å². The van der Waals surface area contributed by atoms with E-state index in [0.29, 0.717) is 16.3 Å². The van der Waals surface area contributed by atoms with Crippen molar-refractivity contribution < 1.29 is 23.9 Å². The van der Waals surface area contributed by atoms with E-state index in [1.54, 1.807) is 59.7 Å². The fourth-order valence-corrected chi connectivity index (χ4v) is 2.07. The fraction of sp³-hybridized carbons (Fsp3) is 0.450. The third kappa shape index (κ3) is 7.60.